The Hall–Kier alpha value is -3.36. The molecule has 186 valence electrons. The summed E-state index contributed by atoms with van der Waals surface area (Å²) < 4.78 is 39.1. The van der Waals surface area contributed by atoms with E-state index >= 15 is 0 Å². The number of hydrogen-bond donors (Lipinski definition) is 3. The molecule has 0 aliphatic heterocycles. The molecule has 0 aliphatic carbocycles. The third-order valence-electron chi connectivity index (χ3n) is 4.54. The molecule has 15 heteroatoms. The lowest BCUT2D eigenvalue weighted by Gasteiger charge is -2.16. The highest BCUT2D eigenvalue weighted by atomic mass is 35.5. The van der Waals surface area contributed by atoms with Gasteiger partial charge in [0.15, 0.2) is 0 Å². The predicted octanol–water partition coefficient (Wildman–Crippen LogP) is 3.39. The van der Waals surface area contributed by atoms with Crippen molar-refractivity contribution in [1.29, 1.82) is 0 Å². The molecular weight excluding hydrogens is 509 g/mol. The number of carbonyl (C=O) groups is 2. The van der Waals surface area contributed by atoms with Gasteiger partial charge in [-0.25, -0.2) is 19.9 Å². The Labute approximate surface area is 206 Å². The molecular formula is C20H20ClF3N8O2S. The number of anilines is 2. The third-order valence-corrected chi connectivity index (χ3v) is 6.02. The summed E-state index contributed by atoms with van der Waals surface area (Å²) in [4.78, 5) is 43.1. The van der Waals surface area contributed by atoms with Crippen molar-refractivity contribution < 1.29 is 22.8 Å². The number of amides is 2. The fraction of sp³-hybridized carbons (Fsp3) is 0.300. The Morgan fingerprint density at radius 1 is 1.17 bits per heavy atom. The van der Waals surface area contributed by atoms with E-state index in [4.69, 9.17) is 17.3 Å². The molecule has 0 bridgehead atoms. The number of thiazole rings is 1. The van der Waals surface area contributed by atoms with Crippen molar-refractivity contribution in [3.05, 3.63) is 56.5 Å². The zero-order valence-electron chi connectivity index (χ0n) is 18.6. The molecule has 10 nitrogen and oxygen atoms in total. The Kier molecular flexibility index (Phi) is 7.87. The Morgan fingerprint density at radius 2 is 1.89 bits per heavy atom. The van der Waals surface area contributed by atoms with Crippen molar-refractivity contribution >= 4 is 46.4 Å². The summed E-state index contributed by atoms with van der Waals surface area (Å²) in [6, 6.07) is 0.0342. The van der Waals surface area contributed by atoms with Gasteiger partial charge in [-0.15, -0.1) is 11.3 Å². The summed E-state index contributed by atoms with van der Waals surface area (Å²) in [5.74, 6) is -1.36. The SMILES string of the molecule is C[C@@H](NC(=O)c1ncnc(N)c1CN(C)C)c1ncc(C(=O)Nc2cc(C(F)(F)F)c(Cl)cn2)s1. The monoisotopic (exact) mass is 528 g/mol. The molecule has 0 aromatic carbocycles. The van der Waals surface area contributed by atoms with Crippen LogP contribution in [0.4, 0.5) is 24.8 Å². The molecule has 0 spiro atoms. The van der Waals surface area contributed by atoms with Gasteiger partial charge in [-0.3, -0.25) is 9.59 Å². The number of nitrogens with zero attached hydrogens (tertiary/aromatic N) is 5. The summed E-state index contributed by atoms with van der Waals surface area (Å²) in [6.07, 6.45) is -1.46. The zero-order chi connectivity index (χ0) is 25.9. The second-order valence-corrected chi connectivity index (χ2v) is 9.05. The van der Waals surface area contributed by atoms with E-state index in [1.54, 1.807) is 6.92 Å². The minimum Gasteiger partial charge on any atom is -0.383 e. The smallest absolute Gasteiger partial charge is 0.383 e. The number of carbonyl (C=O) groups excluding carboxylic acids is 2. The van der Waals surface area contributed by atoms with Crippen molar-refractivity contribution in [3.8, 4) is 0 Å². The number of rotatable bonds is 7. The van der Waals surface area contributed by atoms with Crippen LogP contribution in [0.3, 0.4) is 0 Å². The number of nitrogens with two attached hydrogens (primary N) is 1. The van der Waals surface area contributed by atoms with Crippen LogP contribution in [0.1, 0.15) is 49.3 Å². The van der Waals surface area contributed by atoms with Gasteiger partial charge in [-0.1, -0.05) is 11.6 Å². The summed E-state index contributed by atoms with van der Waals surface area (Å²) in [7, 11) is 3.62. The number of nitrogens with one attached hydrogen (secondary N) is 2. The molecule has 1 atom stereocenters. The van der Waals surface area contributed by atoms with Gasteiger partial charge in [-0.2, -0.15) is 13.2 Å². The molecule has 3 rings (SSSR count). The highest BCUT2D eigenvalue weighted by Gasteiger charge is 2.34. The molecule has 0 unspecified atom stereocenters. The molecule has 0 fully saturated rings. The van der Waals surface area contributed by atoms with Crippen LogP contribution in [0.5, 0.6) is 0 Å². The lowest BCUT2D eigenvalue weighted by Crippen LogP contribution is -2.30. The normalized spacial score (nSPS) is 12.5. The molecule has 0 radical (unpaired) electrons. The van der Waals surface area contributed by atoms with E-state index in [1.165, 1.54) is 12.5 Å². The minimum absolute atomic E-state index is 0.103. The van der Waals surface area contributed by atoms with E-state index in [-0.39, 0.29) is 22.2 Å². The van der Waals surface area contributed by atoms with Crippen LogP contribution >= 0.6 is 22.9 Å². The largest absolute Gasteiger partial charge is 0.418 e. The van der Waals surface area contributed by atoms with E-state index in [9.17, 15) is 22.8 Å². The summed E-state index contributed by atoms with van der Waals surface area (Å²) in [6.45, 7) is 2.01. The molecule has 2 amide bonds. The maximum absolute atomic E-state index is 13.0. The third kappa shape index (κ3) is 6.41. The Morgan fingerprint density at radius 3 is 2.54 bits per heavy atom. The van der Waals surface area contributed by atoms with Crippen LogP contribution in [-0.2, 0) is 12.7 Å². The summed E-state index contributed by atoms with van der Waals surface area (Å²) in [5.41, 5.74) is 5.36. The summed E-state index contributed by atoms with van der Waals surface area (Å²) in [5, 5.41) is 4.84. The molecule has 35 heavy (non-hydrogen) atoms. The standard InChI is InChI=1S/C20H20ClF3N8O2S/c1-9(30-18(34)15-10(7-32(2)3)16(25)29-8-28-15)19-27-6-13(35-19)17(33)31-14-4-11(20(22,23)24)12(21)5-26-14/h4-6,8-9H,7H2,1-3H3,(H,30,34)(H2,25,28,29)(H,26,31,33)/t9-/m1/s1. The quantitative estimate of drug-likeness (QED) is 0.424. The van der Waals surface area contributed by atoms with E-state index in [1.807, 2.05) is 19.0 Å². The maximum Gasteiger partial charge on any atom is 0.418 e. The average molecular weight is 529 g/mol. The minimum atomic E-state index is -4.70. The first-order chi connectivity index (χ1) is 16.4. The van der Waals surface area contributed by atoms with Crippen LogP contribution in [0.2, 0.25) is 5.02 Å². The topological polar surface area (TPSA) is 139 Å². The van der Waals surface area contributed by atoms with Crippen LogP contribution in [0, 0.1) is 0 Å². The van der Waals surface area contributed by atoms with Crippen molar-refractivity contribution in [3.63, 3.8) is 0 Å². The molecule has 0 saturated heterocycles. The number of alkyl halides is 3. The van der Waals surface area contributed by atoms with Gasteiger partial charge < -0.3 is 21.3 Å². The van der Waals surface area contributed by atoms with Gasteiger partial charge >= 0.3 is 6.18 Å². The van der Waals surface area contributed by atoms with E-state index < -0.39 is 34.6 Å². The van der Waals surface area contributed by atoms with Gasteiger partial charge in [0.05, 0.1) is 22.8 Å². The molecule has 3 aromatic rings. The van der Waals surface area contributed by atoms with Gasteiger partial charge in [0.1, 0.15) is 33.5 Å². The first kappa shape index (κ1) is 26.2. The van der Waals surface area contributed by atoms with Crippen molar-refractivity contribution in [2.24, 2.45) is 0 Å². The van der Waals surface area contributed by atoms with Crippen molar-refractivity contribution in [2.75, 3.05) is 25.1 Å². The fourth-order valence-corrected chi connectivity index (χ4v) is 3.94. The van der Waals surface area contributed by atoms with Crippen LogP contribution in [-0.4, -0.2) is 50.7 Å². The molecule has 3 aromatic heterocycles. The molecule has 0 aliphatic rings. The molecule has 3 heterocycles. The van der Waals surface area contributed by atoms with Crippen LogP contribution < -0.4 is 16.4 Å². The van der Waals surface area contributed by atoms with E-state index in [0.29, 0.717) is 23.2 Å². The first-order valence-corrected chi connectivity index (χ1v) is 11.1. The lowest BCUT2D eigenvalue weighted by molar-refractivity contribution is -0.137. The van der Waals surface area contributed by atoms with Gasteiger partial charge in [0, 0.05) is 18.3 Å². The van der Waals surface area contributed by atoms with Crippen molar-refractivity contribution in [1.82, 2.24) is 30.2 Å². The molecule has 4 N–H and O–H groups in total. The second-order valence-electron chi connectivity index (χ2n) is 7.58. The van der Waals surface area contributed by atoms with E-state index in [2.05, 4.69) is 30.6 Å². The Bertz CT molecular complexity index is 1250. The second kappa shape index (κ2) is 10.5. The van der Waals surface area contributed by atoms with E-state index in [0.717, 1.165) is 17.5 Å². The number of nitrogen functional groups attached to an aromatic ring is 1. The number of halogens is 4. The van der Waals surface area contributed by atoms with Gasteiger partial charge in [0.25, 0.3) is 11.8 Å². The number of pyridine rings is 1. The van der Waals surface area contributed by atoms with Crippen molar-refractivity contribution in [2.45, 2.75) is 25.7 Å². The number of hydrogen-bond acceptors (Lipinski definition) is 9. The lowest BCUT2D eigenvalue weighted by atomic mass is 10.1. The highest BCUT2D eigenvalue weighted by Crippen LogP contribution is 2.35. The molecule has 0 saturated carbocycles. The maximum atomic E-state index is 13.0. The summed E-state index contributed by atoms with van der Waals surface area (Å²) >= 11 is 6.50. The number of aromatic nitrogens is 4. The van der Waals surface area contributed by atoms with Gasteiger partial charge in [0.2, 0.25) is 0 Å². The van der Waals surface area contributed by atoms with Crippen LogP contribution in [0.25, 0.3) is 0 Å². The average Bonchev–Trinajstić information content (AvgIpc) is 3.26. The van der Waals surface area contributed by atoms with Gasteiger partial charge in [-0.05, 0) is 27.1 Å². The first-order valence-electron chi connectivity index (χ1n) is 9.91. The zero-order valence-corrected chi connectivity index (χ0v) is 20.2. The highest BCUT2D eigenvalue weighted by molar-refractivity contribution is 7.13. The Balaban J connectivity index is 1.72. The predicted molar refractivity (Wildman–Crippen MR) is 124 cm³/mol. The fourth-order valence-electron chi connectivity index (χ4n) is 2.92. The van der Waals surface area contributed by atoms with Crippen LogP contribution in [0.15, 0.2) is 24.8 Å².